The SMILES string of the molecule is CCC(CC)(CNC)CN(C)C1CCCCC1C. The Labute approximate surface area is 115 Å². The monoisotopic (exact) mass is 254 g/mol. The van der Waals surface area contributed by atoms with Gasteiger partial charge in [-0.05, 0) is 51.1 Å². The van der Waals surface area contributed by atoms with Crippen LogP contribution in [-0.2, 0) is 0 Å². The van der Waals surface area contributed by atoms with Gasteiger partial charge in [-0.1, -0.05) is 33.6 Å². The molecular weight excluding hydrogens is 220 g/mol. The van der Waals surface area contributed by atoms with Gasteiger partial charge in [0.15, 0.2) is 0 Å². The number of nitrogens with zero attached hydrogens (tertiary/aromatic N) is 1. The fraction of sp³-hybridized carbons (Fsp3) is 1.00. The average molecular weight is 254 g/mol. The van der Waals surface area contributed by atoms with E-state index in [2.05, 4.69) is 45.1 Å². The van der Waals surface area contributed by atoms with Gasteiger partial charge in [-0.15, -0.1) is 0 Å². The van der Waals surface area contributed by atoms with E-state index in [1.807, 2.05) is 0 Å². The van der Waals surface area contributed by atoms with Gasteiger partial charge >= 0.3 is 0 Å². The Morgan fingerprint density at radius 1 is 1.17 bits per heavy atom. The highest BCUT2D eigenvalue weighted by Gasteiger charge is 2.32. The third-order valence-corrected chi connectivity index (χ3v) is 5.27. The number of nitrogens with one attached hydrogen (secondary N) is 1. The quantitative estimate of drug-likeness (QED) is 0.748. The summed E-state index contributed by atoms with van der Waals surface area (Å²) in [4.78, 5) is 2.66. The Kier molecular flexibility index (Phi) is 6.65. The summed E-state index contributed by atoms with van der Waals surface area (Å²) >= 11 is 0. The van der Waals surface area contributed by atoms with Crippen molar-refractivity contribution in [2.75, 3.05) is 27.2 Å². The molecule has 0 bridgehead atoms. The van der Waals surface area contributed by atoms with Crippen LogP contribution in [0.5, 0.6) is 0 Å². The van der Waals surface area contributed by atoms with E-state index in [0.29, 0.717) is 5.41 Å². The van der Waals surface area contributed by atoms with Crippen LogP contribution in [0, 0.1) is 11.3 Å². The van der Waals surface area contributed by atoms with Gasteiger partial charge in [-0.2, -0.15) is 0 Å². The summed E-state index contributed by atoms with van der Waals surface area (Å²) in [7, 11) is 4.44. The highest BCUT2D eigenvalue weighted by molar-refractivity contribution is 4.86. The lowest BCUT2D eigenvalue weighted by Crippen LogP contribution is -2.47. The fourth-order valence-corrected chi connectivity index (χ4v) is 3.75. The second-order valence-corrected chi connectivity index (χ2v) is 6.48. The van der Waals surface area contributed by atoms with Gasteiger partial charge in [0.05, 0.1) is 0 Å². The van der Waals surface area contributed by atoms with Crippen LogP contribution >= 0.6 is 0 Å². The Balaban J connectivity index is 2.61. The topological polar surface area (TPSA) is 15.3 Å². The van der Waals surface area contributed by atoms with Crippen molar-refractivity contribution in [2.45, 2.75) is 65.3 Å². The Morgan fingerprint density at radius 3 is 2.28 bits per heavy atom. The first-order valence-electron chi connectivity index (χ1n) is 7.93. The maximum Gasteiger partial charge on any atom is 0.0118 e. The van der Waals surface area contributed by atoms with E-state index < -0.39 is 0 Å². The van der Waals surface area contributed by atoms with Crippen molar-refractivity contribution in [1.29, 1.82) is 0 Å². The maximum absolute atomic E-state index is 3.40. The molecule has 0 aromatic heterocycles. The molecule has 1 aliphatic rings. The summed E-state index contributed by atoms with van der Waals surface area (Å²) in [5.74, 6) is 0.879. The third-order valence-electron chi connectivity index (χ3n) is 5.27. The predicted octanol–water partition coefficient (Wildman–Crippen LogP) is 3.52. The molecule has 2 unspecified atom stereocenters. The zero-order chi connectivity index (χ0) is 13.6. The second kappa shape index (κ2) is 7.49. The van der Waals surface area contributed by atoms with E-state index in [1.165, 1.54) is 45.1 Å². The predicted molar refractivity (Wildman–Crippen MR) is 81.0 cm³/mol. The van der Waals surface area contributed by atoms with Gasteiger partial charge in [0, 0.05) is 19.1 Å². The summed E-state index contributed by atoms with van der Waals surface area (Å²) in [5.41, 5.74) is 0.459. The van der Waals surface area contributed by atoms with Crippen molar-refractivity contribution in [3.05, 3.63) is 0 Å². The molecule has 1 rings (SSSR count). The van der Waals surface area contributed by atoms with Crippen molar-refractivity contribution >= 4 is 0 Å². The van der Waals surface area contributed by atoms with E-state index in [4.69, 9.17) is 0 Å². The summed E-state index contributed by atoms with van der Waals surface area (Å²) in [5, 5.41) is 3.40. The van der Waals surface area contributed by atoms with Crippen molar-refractivity contribution in [2.24, 2.45) is 11.3 Å². The standard InChI is InChI=1S/C16H34N2/c1-6-16(7-2,12-17-4)13-18(5)15-11-9-8-10-14(15)3/h14-15,17H,6-13H2,1-5H3. The Hall–Kier alpha value is -0.0800. The van der Waals surface area contributed by atoms with Crippen molar-refractivity contribution < 1.29 is 0 Å². The van der Waals surface area contributed by atoms with Crippen LogP contribution in [0.2, 0.25) is 0 Å². The van der Waals surface area contributed by atoms with Crippen molar-refractivity contribution in [3.8, 4) is 0 Å². The fourth-order valence-electron chi connectivity index (χ4n) is 3.75. The zero-order valence-electron chi connectivity index (χ0n) is 13.3. The number of hydrogen-bond donors (Lipinski definition) is 1. The molecule has 18 heavy (non-hydrogen) atoms. The van der Waals surface area contributed by atoms with Crippen molar-refractivity contribution in [3.63, 3.8) is 0 Å². The van der Waals surface area contributed by atoms with E-state index in [0.717, 1.165) is 18.5 Å². The van der Waals surface area contributed by atoms with Crippen LogP contribution in [0.1, 0.15) is 59.3 Å². The van der Waals surface area contributed by atoms with Gasteiger partial charge in [0.25, 0.3) is 0 Å². The first-order chi connectivity index (χ1) is 8.58. The van der Waals surface area contributed by atoms with E-state index in [9.17, 15) is 0 Å². The molecule has 1 fully saturated rings. The molecule has 1 saturated carbocycles. The van der Waals surface area contributed by atoms with Gasteiger partial charge in [-0.3, -0.25) is 0 Å². The first-order valence-corrected chi connectivity index (χ1v) is 7.93. The molecule has 2 nitrogen and oxygen atoms in total. The normalized spacial score (nSPS) is 25.7. The molecule has 0 radical (unpaired) electrons. The molecule has 2 atom stereocenters. The second-order valence-electron chi connectivity index (χ2n) is 6.48. The molecule has 0 aromatic carbocycles. The molecule has 0 heterocycles. The van der Waals surface area contributed by atoms with Gasteiger partial charge in [0.2, 0.25) is 0 Å². The van der Waals surface area contributed by atoms with Crippen LogP contribution in [0.4, 0.5) is 0 Å². The first kappa shape index (κ1) is 16.0. The smallest absolute Gasteiger partial charge is 0.0118 e. The van der Waals surface area contributed by atoms with Gasteiger partial charge < -0.3 is 10.2 Å². The highest BCUT2D eigenvalue weighted by Crippen LogP contribution is 2.32. The van der Waals surface area contributed by atoms with Crippen LogP contribution in [0.25, 0.3) is 0 Å². The van der Waals surface area contributed by atoms with Crippen molar-refractivity contribution in [1.82, 2.24) is 10.2 Å². The number of rotatable bonds is 7. The molecule has 108 valence electrons. The maximum atomic E-state index is 3.40. The van der Waals surface area contributed by atoms with Gasteiger partial charge in [-0.25, -0.2) is 0 Å². The van der Waals surface area contributed by atoms with E-state index in [-0.39, 0.29) is 0 Å². The lowest BCUT2D eigenvalue weighted by Gasteiger charge is -2.42. The summed E-state index contributed by atoms with van der Waals surface area (Å²) in [6.07, 6.45) is 8.24. The molecule has 1 N–H and O–H groups in total. The molecule has 0 amide bonds. The zero-order valence-corrected chi connectivity index (χ0v) is 13.3. The molecule has 0 spiro atoms. The highest BCUT2D eigenvalue weighted by atomic mass is 15.1. The summed E-state index contributed by atoms with van der Waals surface area (Å²) < 4.78 is 0. The van der Waals surface area contributed by atoms with Crippen LogP contribution in [-0.4, -0.2) is 38.1 Å². The minimum absolute atomic E-state index is 0.459. The lowest BCUT2D eigenvalue weighted by molar-refractivity contribution is 0.0779. The molecule has 2 heteroatoms. The average Bonchev–Trinajstić information content (AvgIpc) is 2.38. The minimum atomic E-state index is 0.459. The molecule has 0 aromatic rings. The van der Waals surface area contributed by atoms with E-state index >= 15 is 0 Å². The third kappa shape index (κ3) is 3.96. The Bertz CT molecular complexity index is 223. The van der Waals surface area contributed by atoms with Crippen LogP contribution in [0.3, 0.4) is 0 Å². The summed E-state index contributed by atoms with van der Waals surface area (Å²) in [6, 6.07) is 0.813. The lowest BCUT2D eigenvalue weighted by atomic mass is 9.79. The molecule has 0 aliphatic heterocycles. The molecular formula is C16H34N2. The van der Waals surface area contributed by atoms with E-state index in [1.54, 1.807) is 0 Å². The molecule has 1 aliphatic carbocycles. The minimum Gasteiger partial charge on any atom is -0.319 e. The van der Waals surface area contributed by atoms with Gasteiger partial charge in [0.1, 0.15) is 0 Å². The Morgan fingerprint density at radius 2 is 1.78 bits per heavy atom. The number of hydrogen-bond acceptors (Lipinski definition) is 2. The van der Waals surface area contributed by atoms with Crippen LogP contribution in [0.15, 0.2) is 0 Å². The summed E-state index contributed by atoms with van der Waals surface area (Å²) in [6.45, 7) is 9.53. The largest absolute Gasteiger partial charge is 0.319 e. The van der Waals surface area contributed by atoms with Crippen LogP contribution < -0.4 is 5.32 Å². The molecule has 0 saturated heterocycles.